The number of ether oxygens (including phenoxy) is 2. The molecule has 0 unspecified atom stereocenters. The van der Waals surface area contributed by atoms with Crippen molar-refractivity contribution in [2.45, 2.75) is 32.2 Å². The molecule has 0 aliphatic heterocycles. The maximum absolute atomic E-state index is 12.4. The molecule has 0 spiro atoms. The molecule has 0 atom stereocenters. The van der Waals surface area contributed by atoms with Crippen molar-refractivity contribution < 1.29 is 19.1 Å². The lowest BCUT2D eigenvalue weighted by molar-refractivity contribution is -0.121. The Balaban J connectivity index is 1.43. The second-order valence-corrected chi connectivity index (χ2v) is 7.73. The van der Waals surface area contributed by atoms with Gasteiger partial charge < -0.3 is 20.1 Å². The van der Waals surface area contributed by atoms with Crippen LogP contribution in [0.2, 0.25) is 0 Å². The molecule has 6 nitrogen and oxygen atoms in total. The van der Waals surface area contributed by atoms with Crippen LogP contribution < -0.4 is 20.1 Å². The van der Waals surface area contributed by atoms with E-state index in [1.807, 2.05) is 72.8 Å². The molecule has 0 fully saturated rings. The van der Waals surface area contributed by atoms with E-state index in [0.29, 0.717) is 37.9 Å². The van der Waals surface area contributed by atoms with E-state index in [0.717, 1.165) is 28.2 Å². The predicted molar refractivity (Wildman–Crippen MR) is 130 cm³/mol. The molecule has 6 heteroatoms. The minimum atomic E-state index is -0.0581. The van der Waals surface area contributed by atoms with Crippen LogP contribution in [0.4, 0.5) is 5.69 Å². The lowest BCUT2D eigenvalue weighted by Gasteiger charge is -2.10. The summed E-state index contributed by atoms with van der Waals surface area (Å²) < 4.78 is 10.4. The Morgan fingerprint density at radius 1 is 0.697 bits per heavy atom. The number of amides is 2. The number of benzene rings is 3. The highest BCUT2D eigenvalue weighted by atomic mass is 16.5. The van der Waals surface area contributed by atoms with E-state index in [2.05, 4.69) is 10.6 Å². The lowest BCUT2D eigenvalue weighted by Crippen LogP contribution is -2.23. The van der Waals surface area contributed by atoms with Gasteiger partial charge in [0.15, 0.2) is 0 Å². The SMILES string of the molecule is COc1cccc(CCC(=O)NCc2cccc(NC(=O)CCc3cccc(OC)c3)c2)c1. The van der Waals surface area contributed by atoms with Gasteiger partial charge in [0.2, 0.25) is 11.8 Å². The Hall–Kier alpha value is -3.80. The van der Waals surface area contributed by atoms with E-state index < -0.39 is 0 Å². The van der Waals surface area contributed by atoms with Gasteiger partial charge in [0.25, 0.3) is 0 Å². The van der Waals surface area contributed by atoms with Gasteiger partial charge in [-0.3, -0.25) is 9.59 Å². The van der Waals surface area contributed by atoms with Crippen molar-refractivity contribution >= 4 is 17.5 Å². The molecule has 33 heavy (non-hydrogen) atoms. The second kappa shape index (κ2) is 12.3. The molecule has 3 aromatic carbocycles. The fraction of sp³-hybridized carbons (Fsp3) is 0.259. The highest BCUT2D eigenvalue weighted by Gasteiger charge is 2.07. The zero-order valence-electron chi connectivity index (χ0n) is 19.1. The molecule has 0 aromatic heterocycles. The first-order chi connectivity index (χ1) is 16.1. The van der Waals surface area contributed by atoms with Crippen LogP contribution in [-0.2, 0) is 29.0 Å². The average Bonchev–Trinajstić information content (AvgIpc) is 2.85. The smallest absolute Gasteiger partial charge is 0.224 e. The number of rotatable bonds is 11. The van der Waals surface area contributed by atoms with Crippen molar-refractivity contribution in [3.05, 3.63) is 89.5 Å². The number of aryl methyl sites for hydroxylation is 2. The maximum Gasteiger partial charge on any atom is 0.224 e. The Bertz CT molecular complexity index is 1080. The van der Waals surface area contributed by atoms with Gasteiger partial charge in [-0.2, -0.15) is 0 Å². The summed E-state index contributed by atoms with van der Waals surface area (Å²) >= 11 is 0. The average molecular weight is 447 g/mol. The predicted octanol–water partition coefficient (Wildman–Crippen LogP) is 4.52. The van der Waals surface area contributed by atoms with Crippen molar-refractivity contribution in [3.8, 4) is 11.5 Å². The maximum atomic E-state index is 12.4. The molecular weight excluding hydrogens is 416 g/mol. The monoisotopic (exact) mass is 446 g/mol. The Morgan fingerprint density at radius 3 is 1.85 bits per heavy atom. The first-order valence-corrected chi connectivity index (χ1v) is 11.0. The zero-order chi connectivity index (χ0) is 23.5. The first-order valence-electron chi connectivity index (χ1n) is 11.0. The van der Waals surface area contributed by atoms with Crippen LogP contribution in [0, 0.1) is 0 Å². The summed E-state index contributed by atoms with van der Waals surface area (Å²) in [7, 11) is 3.25. The van der Waals surface area contributed by atoms with Gasteiger partial charge in [0.05, 0.1) is 14.2 Å². The minimum absolute atomic E-state index is 0.0226. The fourth-order valence-electron chi connectivity index (χ4n) is 3.44. The van der Waals surface area contributed by atoms with Crippen LogP contribution in [0.15, 0.2) is 72.8 Å². The summed E-state index contributed by atoms with van der Waals surface area (Å²) in [5.74, 6) is 1.49. The number of methoxy groups -OCH3 is 2. The van der Waals surface area contributed by atoms with Crippen molar-refractivity contribution in [1.82, 2.24) is 5.32 Å². The fourth-order valence-corrected chi connectivity index (χ4v) is 3.44. The standard InChI is InChI=1S/C27H30N2O4/c1-32-24-10-4-6-20(17-24)12-14-26(30)28-19-22-8-3-9-23(16-22)29-27(31)15-13-21-7-5-11-25(18-21)33-2/h3-11,16-18H,12-15,19H2,1-2H3,(H,28,30)(H,29,31). The summed E-state index contributed by atoms with van der Waals surface area (Å²) in [5, 5.41) is 5.87. The third kappa shape index (κ3) is 8.00. The van der Waals surface area contributed by atoms with E-state index in [4.69, 9.17) is 9.47 Å². The van der Waals surface area contributed by atoms with Crippen LogP contribution in [0.25, 0.3) is 0 Å². The van der Waals surface area contributed by atoms with Gasteiger partial charge in [-0.15, -0.1) is 0 Å². The van der Waals surface area contributed by atoms with E-state index in [9.17, 15) is 9.59 Å². The molecule has 2 N–H and O–H groups in total. The van der Waals surface area contributed by atoms with E-state index in [1.165, 1.54) is 0 Å². The van der Waals surface area contributed by atoms with Crippen molar-refractivity contribution in [1.29, 1.82) is 0 Å². The highest BCUT2D eigenvalue weighted by molar-refractivity contribution is 5.90. The van der Waals surface area contributed by atoms with E-state index in [1.54, 1.807) is 14.2 Å². The molecule has 3 aromatic rings. The van der Waals surface area contributed by atoms with Gasteiger partial charge in [-0.05, 0) is 65.9 Å². The van der Waals surface area contributed by atoms with Gasteiger partial charge >= 0.3 is 0 Å². The summed E-state index contributed by atoms with van der Waals surface area (Å²) in [6.45, 7) is 0.407. The van der Waals surface area contributed by atoms with Crippen LogP contribution in [0.1, 0.15) is 29.5 Å². The number of carbonyl (C=O) groups excluding carboxylic acids is 2. The molecule has 0 heterocycles. The third-order valence-electron chi connectivity index (χ3n) is 5.25. The van der Waals surface area contributed by atoms with Crippen LogP contribution in [-0.4, -0.2) is 26.0 Å². The number of nitrogens with one attached hydrogen (secondary N) is 2. The molecule has 0 radical (unpaired) electrons. The molecule has 0 bridgehead atoms. The van der Waals surface area contributed by atoms with Crippen LogP contribution in [0.5, 0.6) is 11.5 Å². The van der Waals surface area contributed by atoms with Crippen molar-refractivity contribution in [2.75, 3.05) is 19.5 Å². The highest BCUT2D eigenvalue weighted by Crippen LogP contribution is 2.16. The molecule has 0 saturated heterocycles. The van der Waals surface area contributed by atoms with Gasteiger partial charge in [-0.1, -0.05) is 36.4 Å². The molecule has 0 saturated carbocycles. The number of anilines is 1. The molecule has 3 rings (SSSR count). The first kappa shape index (κ1) is 23.9. The zero-order valence-corrected chi connectivity index (χ0v) is 19.1. The number of carbonyl (C=O) groups is 2. The van der Waals surface area contributed by atoms with Crippen molar-refractivity contribution in [2.24, 2.45) is 0 Å². The lowest BCUT2D eigenvalue weighted by atomic mass is 10.1. The quantitative estimate of drug-likeness (QED) is 0.454. The molecule has 172 valence electrons. The molecule has 0 aliphatic rings. The van der Waals surface area contributed by atoms with Gasteiger partial charge in [0.1, 0.15) is 11.5 Å². The Morgan fingerprint density at radius 2 is 1.24 bits per heavy atom. The van der Waals surface area contributed by atoms with Crippen molar-refractivity contribution in [3.63, 3.8) is 0 Å². The molecular formula is C27H30N2O4. The van der Waals surface area contributed by atoms with Gasteiger partial charge in [0, 0.05) is 25.1 Å². The van der Waals surface area contributed by atoms with Crippen LogP contribution >= 0.6 is 0 Å². The van der Waals surface area contributed by atoms with E-state index >= 15 is 0 Å². The summed E-state index contributed by atoms with van der Waals surface area (Å²) in [5.41, 5.74) is 3.75. The third-order valence-corrected chi connectivity index (χ3v) is 5.25. The Labute approximate surface area is 194 Å². The largest absolute Gasteiger partial charge is 0.497 e. The Kier molecular flexibility index (Phi) is 8.88. The number of hydrogen-bond acceptors (Lipinski definition) is 4. The topological polar surface area (TPSA) is 76.7 Å². The minimum Gasteiger partial charge on any atom is -0.497 e. The normalized spacial score (nSPS) is 10.4. The van der Waals surface area contributed by atoms with E-state index in [-0.39, 0.29) is 11.8 Å². The summed E-state index contributed by atoms with van der Waals surface area (Å²) in [4.78, 5) is 24.6. The summed E-state index contributed by atoms with van der Waals surface area (Å²) in [6, 6.07) is 23.0. The van der Waals surface area contributed by atoms with Gasteiger partial charge in [-0.25, -0.2) is 0 Å². The van der Waals surface area contributed by atoms with Crippen LogP contribution in [0.3, 0.4) is 0 Å². The number of hydrogen-bond donors (Lipinski definition) is 2. The summed E-state index contributed by atoms with van der Waals surface area (Å²) in [6.07, 6.45) is 2.05. The molecule has 2 amide bonds. The molecule has 0 aliphatic carbocycles. The second-order valence-electron chi connectivity index (χ2n) is 7.73.